The van der Waals surface area contributed by atoms with Crippen molar-refractivity contribution in [1.82, 2.24) is 15.0 Å². The van der Waals surface area contributed by atoms with Crippen LogP contribution in [-0.2, 0) is 6.42 Å². The van der Waals surface area contributed by atoms with Crippen LogP contribution in [0.3, 0.4) is 0 Å². The van der Waals surface area contributed by atoms with Crippen LogP contribution in [0.15, 0.2) is 30.7 Å². The van der Waals surface area contributed by atoms with E-state index in [9.17, 15) is 4.39 Å². The van der Waals surface area contributed by atoms with Gasteiger partial charge in [0.25, 0.3) is 0 Å². The monoisotopic (exact) mass is 272 g/mol. The van der Waals surface area contributed by atoms with E-state index in [-0.39, 0.29) is 5.82 Å². The van der Waals surface area contributed by atoms with E-state index in [2.05, 4.69) is 15.0 Å². The lowest BCUT2D eigenvalue weighted by atomic mass is 10.0. The van der Waals surface area contributed by atoms with Gasteiger partial charge < -0.3 is 4.90 Å². The molecule has 1 fully saturated rings. The van der Waals surface area contributed by atoms with E-state index in [1.165, 1.54) is 6.33 Å². The van der Waals surface area contributed by atoms with Crippen LogP contribution in [0.25, 0.3) is 0 Å². The zero-order valence-electron chi connectivity index (χ0n) is 11.5. The van der Waals surface area contributed by atoms with Gasteiger partial charge >= 0.3 is 0 Å². The zero-order chi connectivity index (χ0) is 13.9. The molecule has 1 unspecified atom stereocenters. The average molecular weight is 272 g/mol. The molecule has 4 nitrogen and oxygen atoms in total. The molecule has 104 valence electrons. The molecule has 1 atom stereocenters. The Morgan fingerprint density at radius 2 is 2.20 bits per heavy atom. The highest BCUT2D eigenvalue weighted by molar-refractivity contribution is 5.43. The summed E-state index contributed by atoms with van der Waals surface area (Å²) in [4.78, 5) is 14.5. The number of anilines is 1. The second-order valence-corrected chi connectivity index (χ2v) is 5.00. The zero-order valence-corrected chi connectivity index (χ0v) is 11.5. The van der Waals surface area contributed by atoms with E-state index in [0.29, 0.717) is 23.9 Å². The highest BCUT2D eigenvalue weighted by Crippen LogP contribution is 2.30. The molecule has 5 heteroatoms. The van der Waals surface area contributed by atoms with Crippen molar-refractivity contribution in [2.24, 2.45) is 0 Å². The molecule has 0 spiro atoms. The summed E-state index contributed by atoms with van der Waals surface area (Å²) in [6.07, 6.45) is 4.81. The SMILES string of the molecule is CCc1ncnc(N2CCC(c3ccccn3)C2)c1F. The molecular formula is C15H17FN4. The summed E-state index contributed by atoms with van der Waals surface area (Å²) in [5.41, 5.74) is 1.55. The molecule has 0 bridgehead atoms. The molecule has 1 aliphatic rings. The standard InChI is InChI=1S/C15H17FN4/c1-2-12-14(16)15(19-10-18-12)20-8-6-11(9-20)13-5-3-4-7-17-13/h3-5,7,10-11H,2,6,8-9H2,1H3. The van der Waals surface area contributed by atoms with E-state index >= 15 is 0 Å². The number of halogens is 1. The Bertz CT molecular complexity index is 588. The summed E-state index contributed by atoms with van der Waals surface area (Å²) < 4.78 is 14.3. The van der Waals surface area contributed by atoms with Gasteiger partial charge in [-0.05, 0) is 25.0 Å². The van der Waals surface area contributed by atoms with Crippen LogP contribution >= 0.6 is 0 Å². The van der Waals surface area contributed by atoms with Crippen LogP contribution in [0.2, 0.25) is 0 Å². The first-order valence-corrected chi connectivity index (χ1v) is 6.94. The molecule has 0 saturated carbocycles. The van der Waals surface area contributed by atoms with Crippen LogP contribution in [-0.4, -0.2) is 28.0 Å². The van der Waals surface area contributed by atoms with Crippen molar-refractivity contribution < 1.29 is 4.39 Å². The van der Waals surface area contributed by atoms with E-state index in [0.717, 1.165) is 25.2 Å². The number of aryl methyl sites for hydroxylation is 1. The molecule has 3 rings (SSSR count). The van der Waals surface area contributed by atoms with Gasteiger partial charge in [-0.1, -0.05) is 13.0 Å². The van der Waals surface area contributed by atoms with Gasteiger partial charge in [0, 0.05) is 30.9 Å². The lowest BCUT2D eigenvalue weighted by Gasteiger charge is -2.18. The van der Waals surface area contributed by atoms with Crippen LogP contribution in [0, 0.1) is 5.82 Å². The molecule has 0 aliphatic carbocycles. The van der Waals surface area contributed by atoms with Crippen molar-refractivity contribution in [3.8, 4) is 0 Å². The maximum Gasteiger partial charge on any atom is 0.187 e. The predicted octanol–water partition coefficient (Wildman–Crippen LogP) is 2.57. The lowest BCUT2D eigenvalue weighted by Crippen LogP contribution is -2.22. The third-order valence-corrected chi connectivity index (χ3v) is 3.77. The molecule has 2 aromatic rings. The smallest absolute Gasteiger partial charge is 0.187 e. The first-order chi connectivity index (χ1) is 9.79. The first kappa shape index (κ1) is 13.0. The van der Waals surface area contributed by atoms with Crippen molar-refractivity contribution >= 4 is 5.82 Å². The predicted molar refractivity (Wildman–Crippen MR) is 75.2 cm³/mol. The normalized spacial score (nSPS) is 18.5. The van der Waals surface area contributed by atoms with Gasteiger partial charge in [0.15, 0.2) is 11.6 Å². The number of hydrogen-bond donors (Lipinski definition) is 0. The summed E-state index contributed by atoms with van der Waals surface area (Å²) in [6, 6.07) is 5.93. The van der Waals surface area contributed by atoms with Crippen molar-refractivity contribution in [1.29, 1.82) is 0 Å². The van der Waals surface area contributed by atoms with Crippen molar-refractivity contribution in [3.63, 3.8) is 0 Å². The van der Waals surface area contributed by atoms with Crippen LogP contribution in [0.1, 0.15) is 30.7 Å². The minimum Gasteiger partial charge on any atom is -0.353 e. The molecule has 0 aromatic carbocycles. The Morgan fingerprint density at radius 1 is 1.30 bits per heavy atom. The van der Waals surface area contributed by atoms with Gasteiger partial charge in [-0.2, -0.15) is 0 Å². The van der Waals surface area contributed by atoms with Crippen LogP contribution in [0.5, 0.6) is 0 Å². The summed E-state index contributed by atoms with van der Waals surface area (Å²) in [7, 11) is 0. The number of hydrogen-bond acceptors (Lipinski definition) is 4. The quantitative estimate of drug-likeness (QED) is 0.861. The fourth-order valence-corrected chi connectivity index (χ4v) is 2.67. The van der Waals surface area contributed by atoms with Gasteiger partial charge in [-0.15, -0.1) is 0 Å². The summed E-state index contributed by atoms with van der Waals surface area (Å²) in [5, 5.41) is 0. The first-order valence-electron chi connectivity index (χ1n) is 6.94. The highest BCUT2D eigenvalue weighted by atomic mass is 19.1. The van der Waals surface area contributed by atoms with Crippen molar-refractivity contribution in [2.75, 3.05) is 18.0 Å². The van der Waals surface area contributed by atoms with Crippen molar-refractivity contribution in [3.05, 3.63) is 47.9 Å². The maximum atomic E-state index is 14.3. The summed E-state index contributed by atoms with van der Waals surface area (Å²) in [6.45, 7) is 3.46. The molecule has 3 heterocycles. The fraction of sp³-hybridized carbons (Fsp3) is 0.400. The number of nitrogens with zero attached hydrogens (tertiary/aromatic N) is 4. The molecule has 0 radical (unpaired) electrons. The minimum absolute atomic E-state index is 0.281. The molecule has 1 aliphatic heterocycles. The Labute approximate surface area is 117 Å². The van der Waals surface area contributed by atoms with Gasteiger partial charge in [0.1, 0.15) is 6.33 Å². The average Bonchev–Trinajstić information content (AvgIpc) is 2.98. The van der Waals surface area contributed by atoms with E-state index < -0.39 is 0 Å². The van der Waals surface area contributed by atoms with Crippen molar-refractivity contribution in [2.45, 2.75) is 25.7 Å². The maximum absolute atomic E-state index is 14.3. The number of rotatable bonds is 3. The van der Waals surface area contributed by atoms with Gasteiger partial charge in [0.2, 0.25) is 0 Å². The molecule has 0 amide bonds. The highest BCUT2D eigenvalue weighted by Gasteiger charge is 2.28. The Balaban J connectivity index is 1.81. The Kier molecular flexibility index (Phi) is 3.58. The lowest BCUT2D eigenvalue weighted by molar-refractivity contribution is 0.588. The van der Waals surface area contributed by atoms with E-state index in [1.807, 2.05) is 30.0 Å². The minimum atomic E-state index is -0.281. The van der Waals surface area contributed by atoms with Crippen LogP contribution < -0.4 is 4.90 Å². The van der Waals surface area contributed by atoms with Gasteiger partial charge in [-0.25, -0.2) is 14.4 Å². The summed E-state index contributed by atoms with van der Waals surface area (Å²) in [5.74, 6) is 0.489. The molecular weight excluding hydrogens is 255 g/mol. The number of pyridine rings is 1. The van der Waals surface area contributed by atoms with Crippen LogP contribution in [0.4, 0.5) is 10.2 Å². The molecule has 1 saturated heterocycles. The molecule has 20 heavy (non-hydrogen) atoms. The Morgan fingerprint density at radius 3 is 2.95 bits per heavy atom. The molecule has 0 N–H and O–H groups in total. The van der Waals surface area contributed by atoms with Gasteiger partial charge in [0.05, 0.1) is 5.69 Å². The third kappa shape index (κ3) is 2.35. The second-order valence-electron chi connectivity index (χ2n) is 5.00. The topological polar surface area (TPSA) is 41.9 Å². The van der Waals surface area contributed by atoms with E-state index in [4.69, 9.17) is 0 Å². The Hall–Kier alpha value is -2.04. The van der Waals surface area contributed by atoms with E-state index in [1.54, 1.807) is 6.20 Å². The second kappa shape index (κ2) is 5.53. The third-order valence-electron chi connectivity index (χ3n) is 3.77. The molecule has 2 aromatic heterocycles. The summed E-state index contributed by atoms with van der Waals surface area (Å²) >= 11 is 0. The fourth-order valence-electron chi connectivity index (χ4n) is 2.67. The van der Waals surface area contributed by atoms with Gasteiger partial charge in [-0.3, -0.25) is 4.98 Å². The number of aromatic nitrogens is 3. The largest absolute Gasteiger partial charge is 0.353 e.